The number of hydrogen-bond acceptors (Lipinski definition) is 3. The summed E-state index contributed by atoms with van der Waals surface area (Å²) < 4.78 is 0.880. The van der Waals surface area contributed by atoms with Crippen LogP contribution in [0.25, 0.3) is 11.3 Å². The molecular weight excluding hydrogens is 352 g/mol. The smallest absolute Gasteiger partial charge is 0.152 e. The lowest BCUT2D eigenvalue weighted by atomic mass is 10.1. The van der Waals surface area contributed by atoms with E-state index in [4.69, 9.17) is 11.6 Å². The van der Waals surface area contributed by atoms with Crippen molar-refractivity contribution in [2.75, 3.05) is 5.32 Å². The van der Waals surface area contributed by atoms with Crippen LogP contribution in [0, 0.1) is 0 Å². The van der Waals surface area contributed by atoms with Crippen molar-refractivity contribution in [1.82, 2.24) is 15.2 Å². The molecule has 3 aromatic rings. The number of aromatic nitrogens is 3. The van der Waals surface area contributed by atoms with Crippen molar-refractivity contribution < 1.29 is 0 Å². The maximum atomic E-state index is 6.08. The SMILES string of the molecule is Clc1ncc(Br)cc1NCc1cn[nH]c1-c1ccccc1. The predicted molar refractivity (Wildman–Crippen MR) is 88.3 cm³/mol. The van der Waals surface area contributed by atoms with Gasteiger partial charge in [-0.15, -0.1) is 0 Å². The lowest BCUT2D eigenvalue weighted by Gasteiger charge is -2.08. The van der Waals surface area contributed by atoms with Crippen LogP contribution >= 0.6 is 27.5 Å². The molecule has 106 valence electrons. The third-order valence-electron chi connectivity index (χ3n) is 3.06. The molecule has 0 saturated carbocycles. The summed E-state index contributed by atoms with van der Waals surface area (Å²) in [6.45, 7) is 0.610. The van der Waals surface area contributed by atoms with Crippen molar-refractivity contribution in [3.8, 4) is 11.3 Å². The number of benzene rings is 1. The highest BCUT2D eigenvalue weighted by Crippen LogP contribution is 2.25. The molecule has 0 saturated heterocycles. The van der Waals surface area contributed by atoms with Gasteiger partial charge in [0.05, 0.1) is 17.6 Å². The minimum Gasteiger partial charge on any atom is -0.378 e. The van der Waals surface area contributed by atoms with E-state index in [9.17, 15) is 0 Å². The second kappa shape index (κ2) is 6.28. The number of rotatable bonds is 4. The van der Waals surface area contributed by atoms with Gasteiger partial charge in [-0.25, -0.2) is 4.98 Å². The first-order valence-corrected chi connectivity index (χ1v) is 7.54. The van der Waals surface area contributed by atoms with Gasteiger partial charge in [-0.1, -0.05) is 41.9 Å². The maximum Gasteiger partial charge on any atom is 0.152 e. The lowest BCUT2D eigenvalue weighted by molar-refractivity contribution is 1.10. The van der Waals surface area contributed by atoms with Gasteiger partial charge >= 0.3 is 0 Å². The summed E-state index contributed by atoms with van der Waals surface area (Å²) in [7, 11) is 0. The van der Waals surface area contributed by atoms with Crippen LogP contribution in [-0.2, 0) is 6.54 Å². The highest BCUT2D eigenvalue weighted by Gasteiger charge is 2.08. The van der Waals surface area contributed by atoms with Gasteiger partial charge in [0.2, 0.25) is 0 Å². The van der Waals surface area contributed by atoms with E-state index in [1.807, 2.05) is 42.6 Å². The third kappa shape index (κ3) is 3.25. The number of anilines is 1. The Labute approximate surface area is 135 Å². The summed E-state index contributed by atoms with van der Waals surface area (Å²) >= 11 is 9.46. The van der Waals surface area contributed by atoms with E-state index < -0.39 is 0 Å². The second-order valence-electron chi connectivity index (χ2n) is 4.48. The molecule has 6 heteroatoms. The standard InChI is InChI=1S/C15H12BrClN4/c16-12-6-13(15(17)19-9-12)18-7-11-8-20-21-14(11)10-4-2-1-3-5-10/h1-6,8-9,18H,7H2,(H,20,21). The van der Waals surface area contributed by atoms with Crippen LogP contribution in [0.15, 0.2) is 53.3 Å². The summed E-state index contributed by atoms with van der Waals surface area (Å²) in [5.41, 5.74) is 3.95. The lowest BCUT2D eigenvalue weighted by Crippen LogP contribution is -2.01. The first-order chi connectivity index (χ1) is 10.2. The van der Waals surface area contributed by atoms with E-state index in [1.54, 1.807) is 6.20 Å². The Hall–Kier alpha value is -1.85. The zero-order chi connectivity index (χ0) is 14.7. The molecule has 0 spiro atoms. The van der Waals surface area contributed by atoms with Gasteiger partial charge in [0.25, 0.3) is 0 Å². The Morgan fingerprint density at radius 1 is 1.19 bits per heavy atom. The van der Waals surface area contributed by atoms with Crippen LogP contribution in [-0.4, -0.2) is 15.2 Å². The van der Waals surface area contributed by atoms with Gasteiger partial charge in [-0.05, 0) is 27.6 Å². The molecule has 1 aromatic carbocycles. The van der Waals surface area contributed by atoms with Crippen molar-refractivity contribution in [3.63, 3.8) is 0 Å². The molecule has 0 aliphatic carbocycles. The molecule has 4 nitrogen and oxygen atoms in total. The Morgan fingerprint density at radius 2 is 2.00 bits per heavy atom. The molecule has 0 amide bonds. The number of aromatic amines is 1. The molecule has 0 aliphatic heterocycles. The first kappa shape index (κ1) is 14.1. The third-order valence-corrected chi connectivity index (χ3v) is 3.79. The zero-order valence-electron chi connectivity index (χ0n) is 11.0. The van der Waals surface area contributed by atoms with Crippen LogP contribution in [0.5, 0.6) is 0 Å². The average molecular weight is 364 g/mol. The fourth-order valence-corrected chi connectivity index (χ4v) is 2.54. The zero-order valence-corrected chi connectivity index (χ0v) is 13.3. The van der Waals surface area contributed by atoms with Gasteiger partial charge < -0.3 is 5.32 Å². The maximum absolute atomic E-state index is 6.08. The van der Waals surface area contributed by atoms with Gasteiger partial charge in [0.1, 0.15) is 0 Å². The summed E-state index contributed by atoms with van der Waals surface area (Å²) in [4.78, 5) is 4.09. The van der Waals surface area contributed by atoms with Crippen molar-refractivity contribution in [2.24, 2.45) is 0 Å². The van der Waals surface area contributed by atoms with E-state index in [2.05, 4.69) is 36.4 Å². The van der Waals surface area contributed by atoms with Gasteiger partial charge in [0.15, 0.2) is 5.15 Å². The molecule has 0 radical (unpaired) electrons. The topological polar surface area (TPSA) is 53.6 Å². The molecular formula is C15H12BrClN4. The molecule has 0 aliphatic rings. The van der Waals surface area contributed by atoms with Gasteiger partial charge in [0, 0.05) is 22.8 Å². The number of H-pyrrole nitrogens is 1. The number of halogens is 2. The summed E-state index contributed by atoms with van der Waals surface area (Å²) in [5.74, 6) is 0. The largest absolute Gasteiger partial charge is 0.378 e. The van der Waals surface area contributed by atoms with Crippen LogP contribution in [0.4, 0.5) is 5.69 Å². The molecule has 0 bridgehead atoms. The van der Waals surface area contributed by atoms with Crippen molar-refractivity contribution in [2.45, 2.75) is 6.54 Å². The fraction of sp³-hybridized carbons (Fsp3) is 0.0667. The van der Waals surface area contributed by atoms with Gasteiger partial charge in [-0.2, -0.15) is 5.10 Å². The number of hydrogen-bond donors (Lipinski definition) is 2. The highest BCUT2D eigenvalue weighted by molar-refractivity contribution is 9.10. The van der Waals surface area contributed by atoms with E-state index >= 15 is 0 Å². The van der Waals surface area contributed by atoms with Gasteiger partial charge in [-0.3, -0.25) is 5.10 Å². The number of nitrogens with zero attached hydrogens (tertiary/aromatic N) is 2. The molecule has 2 heterocycles. The molecule has 2 aromatic heterocycles. The van der Waals surface area contributed by atoms with E-state index in [-0.39, 0.29) is 0 Å². The minimum atomic E-state index is 0.447. The molecule has 0 atom stereocenters. The molecule has 2 N–H and O–H groups in total. The van der Waals surface area contributed by atoms with Crippen LogP contribution in [0.3, 0.4) is 0 Å². The summed E-state index contributed by atoms with van der Waals surface area (Å²) in [6, 6.07) is 12.0. The molecule has 3 rings (SSSR count). The first-order valence-electron chi connectivity index (χ1n) is 6.36. The number of pyridine rings is 1. The Balaban J connectivity index is 1.81. The van der Waals surface area contributed by atoms with Crippen LogP contribution in [0.2, 0.25) is 5.15 Å². The Kier molecular flexibility index (Phi) is 4.22. The predicted octanol–water partition coefficient (Wildman–Crippen LogP) is 4.50. The number of nitrogens with one attached hydrogen (secondary N) is 2. The second-order valence-corrected chi connectivity index (χ2v) is 5.76. The molecule has 0 fully saturated rings. The summed E-state index contributed by atoms with van der Waals surface area (Å²) in [6.07, 6.45) is 3.48. The Bertz CT molecular complexity index is 742. The quantitative estimate of drug-likeness (QED) is 0.671. The van der Waals surface area contributed by atoms with Crippen LogP contribution in [0.1, 0.15) is 5.56 Å². The monoisotopic (exact) mass is 362 g/mol. The summed E-state index contributed by atoms with van der Waals surface area (Å²) in [5, 5.41) is 10.9. The minimum absolute atomic E-state index is 0.447. The van der Waals surface area contributed by atoms with Crippen molar-refractivity contribution >= 4 is 33.2 Å². The highest BCUT2D eigenvalue weighted by atomic mass is 79.9. The Morgan fingerprint density at radius 3 is 2.81 bits per heavy atom. The normalized spacial score (nSPS) is 10.6. The average Bonchev–Trinajstić information content (AvgIpc) is 2.97. The van der Waals surface area contributed by atoms with Crippen molar-refractivity contribution in [1.29, 1.82) is 0 Å². The van der Waals surface area contributed by atoms with E-state index in [0.717, 1.165) is 27.0 Å². The van der Waals surface area contributed by atoms with E-state index in [1.165, 1.54) is 0 Å². The molecule has 0 unspecified atom stereocenters. The fourth-order valence-electron chi connectivity index (χ4n) is 2.04. The van der Waals surface area contributed by atoms with E-state index in [0.29, 0.717) is 11.7 Å². The van der Waals surface area contributed by atoms with Crippen LogP contribution < -0.4 is 5.32 Å². The van der Waals surface area contributed by atoms with Crippen molar-refractivity contribution in [3.05, 3.63) is 64.0 Å². The molecule has 21 heavy (non-hydrogen) atoms.